The van der Waals surface area contributed by atoms with Gasteiger partial charge in [0.1, 0.15) is 0 Å². The number of carbonyl (C=O) groups excluding carboxylic acids is 1. The quantitative estimate of drug-likeness (QED) is 0.719. The Hall–Kier alpha value is -1.38. The first-order valence-corrected chi connectivity index (χ1v) is 4.42. The molecule has 3 heteroatoms. The molecule has 3 nitrogen and oxygen atoms in total. The molecule has 0 bridgehead atoms. The molecule has 0 spiro atoms. The molecule has 0 fully saturated rings. The van der Waals surface area contributed by atoms with E-state index in [1.165, 1.54) is 0 Å². The van der Waals surface area contributed by atoms with E-state index in [1.54, 1.807) is 6.20 Å². The fourth-order valence-electron chi connectivity index (χ4n) is 0.842. The van der Waals surface area contributed by atoms with Crippen LogP contribution in [0.4, 0.5) is 0 Å². The minimum absolute atomic E-state index is 0.510. The molecule has 1 N–H and O–H groups in total. The number of nitrogens with zero attached hydrogens (tertiary/aromatic N) is 1. The zero-order valence-electron chi connectivity index (χ0n) is 8.37. The van der Waals surface area contributed by atoms with E-state index in [-0.39, 0.29) is 0 Å². The van der Waals surface area contributed by atoms with Crippen LogP contribution in [0.1, 0.15) is 25.1 Å². The molecule has 0 aliphatic carbocycles. The molecule has 0 aliphatic rings. The molecule has 0 saturated carbocycles. The van der Waals surface area contributed by atoms with Crippen LogP contribution < -0.4 is 5.32 Å². The maximum Gasteiger partial charge on any atom is 0.207 e. The molecule has 0 aromatic carbocycles. The van der Waals surface area contributed by atoms with Crippen molar-refractivity contribution < 1.29 is 4.79 Å². The van der Waals surface area contributed by atoms with Gasteiger partial charge in [-0.3, -0.25) is 9.78 Å². The topological polar surface area (TPSA) is 42.0 Å². The van der Waals surface area contributed by atoms with Crippen molar-refractivity contribution in [3.8, 4) is 0 Å². The van der Waals surface area contributed by atoms with Crippen LogP contribution in [0.2, 0.25) is 0 Å². The predicted molar refractivity (Wildman–Crippen MR) is 53.2 cm³/mol. The Morgan fingerprint density at radius 1 is 1.54 bits per heavy atom. The molecule has 0 atom stereocenters. The van der Waals surface area contributed by atoms with Gasteiger partial charge >= 0.3 is 0 Å². The standard InChI is InChI=1S/C8H10N2O.C2H6/c1-7-3-2-4-10-8(7)5-9-6-11;1-2/h2-4,6H,5H2,1H3,(H,9,11);1-2H3. The average molecular weight is 180 g/mol. The fourth-order valence-corrected chi connectivity index (χ4v) is 0.842. The highest BCUT2D eigenvalue weighted by molar-refractivity contribution is 5.46. The van der Waals surface area contributed by atoms with Crippen LogP contribution in [0.3, 0.4) is 0 Å². The zero-order chi connectivity index (χ0) is 10.1. The van der Waals surface area contributed by atoms with E-state index in [9.17, 15) is 4.79 Å². The van der Waals surface area contributed by atoms with Crippen molar-refractivity contribution in [1.29, 1.82) is 0 Å². The summed E-state index contributed by atoms with van der Waals surface area (Å²) >= 11 is 0. The summed E-state index contributed by atoms with van der Waals surface area (Å²) in [7, 11) is 0. The highest BCUT2D eigenvalue weighted by atomic mass is 16.1. The first kappa shape index (κ1) is 11.6. The maximum atomic E-state index is 9.95. The largest absolute Gasteiger partial charge is 0.353 e. The van der Waals surface area contributed by atoms with Gasteiger partial charge in [0.15, 0.2) is 0 Å². The molecule has 1 heterocycles. The Balaban J connectivity index is 0.000000671. The minimum Gasteiger partial charge on any atom is -0.353 e. The molecular formula is C10H16N2O. The third-order valence-corrected chi connectivity index (χ3v) is 1.47. The molecule has 0 aliphatic heterocycles. The number of rotatable bonds is 3. The van der Waals surface area contributed by atoms with Crippen molar-refractivity contribution in [3.05, 3.63) is 29.6 Å². The van der Waals surface area contributed by atoms with Crippen LogP contribution in [0.25, 0.3) is 0 Å². The van der Waals surface area contributed by atoms with Gasteiger partial charge < -0.3 is 5.32 Å². The van der Waals surface area contributed by atoms with E-state index in [1.807, 2.05) is 32.9 Å². The Labute approximate surface area is 79.2 Å². The molecule has 1 aromatic rings. The molecule has 13 heavy (non-hydrogen) atoms. The van der Waals surface area contributed by atoms with Crippen molar-refractivity contribution in [2.45, 2.75) is 27.3 Å². The van der Waals surface area contributed by atoms with Gasteiger partial charge in [-0.2, -0.15) is 0 Å². The number of aryl methyl sites for hydroxylation is 1. The van der Waals surface area contributed by atoms with Gasteiger partial charge in [-0.25, -0.2) is 0 Å². The first-order valence-electron chi connectivity index (χ1n) is 4.42. The SMILES string of the molecule is CC.Cc1cccnc1CNC=O. The second kappa shape index (κ2) is 7.28. The van der Waals surface area contributed by atoms with Gasteiger partial charge in [0.25, 0.3) is 0 Å². The van der Waals surface area contributed by atoms with E-state index in [0.29, 0.717) is 13.0 Å². The number of carbonyl (C=O) groups is 1. The highest BCUT2D eigenvalue weighted by Gasteiger charge is 1.95. The predicted octanol–water partition coefficient (Wildman–Crippen LogP) is 1.66. The van der Waals surface area contributed by atoms with Gasteiger partial charge in [0.05, 0.1) is 12.2 Å². The summed E-state index contributed by atoms with van der Waals surface area (Å²) in [5, 5.41) is 2.56. The third-order valence-electron chi connectivity index (χ3n) is 1.47. The number of amides is 1. The number of hydrogen-bond donors (Lipinski definition) is 1. The van der Waals surface area contributed by atoms with E-state index >= 15 is 0 Å². The Kier molecular flexibility index (Phi) is 6.51. The summed E-state index contributed by atoms with van der Waals surface area (Å²) in [5.74, 6) is 0. The van der Waals surface area contributed by atoms with Crippen LogP contribution in [-0.4, -0.2) is 11.4 Å². The van der Waals surface area contributed by atoms with Crippen molar-refractivity contribution in [2.24, 2.45) is 0 Å². The Bertz CT molecular complexity index is 248. The first-order chi connectivity index (χ1) is 6.34. The summed E-state index contributed by atoms with van der Waals surface area (Å²) in [6.07, 6.45) is 2.39. The summed E-state index contributed by atoms with van der Waals surface area (Å²) in [6.45, 7) is 6.48. The molecule has 0 saturated heterocycles. The monoisotopic (exact) mass is 180 g/mol. The van der Waals surface area contributed by atoms with Gasteiger partial charge in [-0.1, -0.05) is 19.9 Å². The van der Waals surface area contributed by atoms with Crippen molar-refractivity contribution >= 4 is 6.41 Å². The lowest BCUT2D eigenvalue weighted by molar-refractivity contribution is -0.109. The van der Waals surface area contributed by atoms with Gasteiger partial charge in [-0.15, -0.1) is 0 Å². The van der Waals surface area contributed by atoms with E-state index < -0.39 is 0 Å². The van der Waals surface area contributed by atoms with Gasteiger partial charge in [-0.05, 0) is 18.6 Å². The van der Waals surface area contributed by atoms with E-state index in [0.717, 1.165) is 11.3 Å². The van der Waals surface area contributed by atoms with E-state index in [2.05, 4.69) is 10.3 Å². The van der Waals surface area contributed by atoms with Crippen molar-refractivity contribution in [3.63, 3.8) is 0 Å². The van der Waals surface area contributed by atoms with Gasteiger partial charge in [0.2, 0.25) is 6.41 Å². The number of nitrogens with one attached hydrogen (secondary N) is 1. The molecule has 72 valence electrons. The fraction of sp³-hybridized carbons (Fsp3) is 0.400. The van der Waals surface area contributed by atoms with Crippen molar-refractivity contribution in [1.82, 2.24) is 10.3 Å². The van der Waals surface area contributed by atoms with Crippen LogP contribution in [0, 0.1) is 6.92 Å². The minimum atomic E-state index is 0.510. The van der Waals surface area contributed by atoms with E-state index in [4.69, 9.17) is 0 Å². The number of pyridine rings is 1. The second-order valence-corrected chi connectivity index (χ2v) is 2.27. The lowest BCUT2D eigenvalue weighted by atomic mass is 10.2. The lowest BCUT2D eigenvalue weighted by Gasteiger charge is -2.01. The molecule has 1 rings (SSSR count). The number of aromatic nitrogens is 1. The smallest absolute Gasteiger partial charge is 0.207 e. The molecule has 1 amide bonds. The highest BCUT2D eigenvalue weighted by Crippen LogP contribution is 2.01. The Morgan fingerprint density at radius 2 is 2.23 bits per heavy atom. The maximum absolute atomic E-state index is 9.95. The second-order valence-electron chi connectivity index (χ2n) is 2.27. The average Bonchev–Trinajstić information content (AvgIpc) is 2.20. The Morgan fingerprint density at radius 3 is 2.77 bits per heavy atom. The van der Waals surface area contributed by atoms with Gasteiger partial charge in [0, 0.05) is 6.20 Å². The molecule has 0 unspecified atom stereocenters. The number of hydrogen-bond acceptors (Lipinski definition) is 2. The summed E-state index contributed by atoms with van der Waals surface area (Å²) in [4.78, 5) is 14.0. The summed E-state index contributed by atoms with van der Waals surface area (Å²) in [6, 6.07) is 3.84. The van der Waals surface area contributed by atoms with Crippen LogP contribution in [0.15, 0.2) is 18.3 Å². The summed E-state index contributed by atoms with van der Waals surface area (Å²) in [5.41, 5.74) is 2.02. The summed E-state index contributed by atoms with van der Waals surface area (Å²) < 4.78 is 0. The molecular weight excluding hydrogens is 164 g/mol. The zero-order valence-corrected chi connectivity index (χ0v) is 8.37. The van der Waals surface area contributed by atoms with Crippen LogP contribution in [-0.2, 0) is 11.3 Å². The third kappa shape index (κ3) is 4.25. The molecule has 1 aromatic heterocycles. The lowest BCUT2D eigenvalue weighted by Crippen LogP contribution is -2.11. The normalized spacial score (nSPS) is 8.23. The van der Waals surface area contributed by atoms with Crippen LogP contribution in [0.5, 0.6) is 0 Å². The molecule has 0 radical (unpaired) electrons. The van der Waals surface area contributed by atoms with Crippen molar-refractivity contribution in [2.75, 3.05) is 0 Å². The van der Waals surface area contributed by atoms with Crippen LogP contribution >= 0.6 is 0 Å².